The van der Waals surface area contributed by atoms with E-state index in [4.69, 9.17) is 0 Å². The number of carbonyl (C=O) groups is 2. The third-order valence-corrected chi connectivity index (χ3v) is 5.49. The van der Waals surface area contributed by atoms with Crippen LogP contribution in [0.5, 0.6) is 0 Å². The van der Waals surface area contributed by atoms with E-state index in [-0.39, 0.29) is 16.4 Å². The highest BCUT2D eigenvalue weighted by Crippen LogP contribution is 2.15. The Balaban J connectivity index is 2.96. The van der Waals surface area contributed by atoms with Crippen LogP contribution >= 0.6 is 0 Å². The molecule has 8 heteroatoms. The summed E-state index contributed by atoms with van der Waals surface area (Å²) in [6.07, 6.45) is 0.608. The summed E-state index contributed by atoms with van der Waals surface area (Å²) in [5.74, 6) is -1.86. The zero-order valence-corrected chi connectivity index (χ0v) is 14.4. The lowest BCUT2D eigenvalue weighted by Crippen LogP contribution is -2.45. The zero-order chi connectivity index (χ0) is 17.8. The molecule has 7 nitrogen and oxygen atoms in total. The Morgan fingerprint density at radius 3 is 2.13 bits per heavy atom. The molecule has 0 aliphatic rings. The van der Waals surface area contributed by atoms with Crippen molar-refractivity contribution in [2.75, 3.05) is 14.1 Å². The van der Waals surface area contributed by atoms with Gasteiger partial charge in [0.25, 0.3) is 5.91 Å². The number of aliphatic carboxylic acids is 1. The number of nitrogens with zero attached hydrogens (tertiary/aromatic N) is 1. The van der Waals surface area contributed by atoms with Gasteiger partial charge in [-0.25, -0.2) is 17.5 Å². The minimum absolute atomic E-state index is 0.0655. The van der Waals surface area contributed by atoms with E-state index in [1.807, 2.05) is 6.92 Å². The lowest BCUT2D eigenvalue weighted by Gasteiger charge is -2.20. The second-order valence-corrected chi connectivity index (χ2v) is 7.64. The van der Waals surface area contributed by atoms with E-state index in [0.29, 0.717) is 6.42 Å². The molecule has 1 aromatic rings. The Hall–Kier alpha value is -1.93. The molecule has 0 fully saturated rings. The molecule has 2 atom stereocenters. The molecule has 0 heterocycles. The maximum Gasteiger partial charge on any atom is 0.326 e. The number of carbonyl (C=O) groups excluding carboxylic acids is 1. The van der Waals surface area contributed by atoms with E-state index in [1.54, 1.807) is 6.92 Å². The highest BCUT2D eigenvalue weighted by Gasteiger charge is 2.26. The first-order valence-corrected chi connectivity index (χ1v) is 8.61. The number of benzene rings is 1. The van der Waals surface area contributed by atoms with Crippen LogP contribution in [0.1, 0.15) is 30.6 Å². The largest absolute Gasteiger partial charge is 0.480 e. The Morgan fingerprint density at radius 1 is 1.22 bits per heavy atom. The van der Waals surface area contributed by atoms with Crippen molar-refractivity contribution in [2.45, 2.75) is 31.2 Å². The summed E-state index contributed by atoms with van der Waals surface area (Å²) >= 11 is 0. The Bertz CT molecular complexity index is 668. The summed E-state index contributed by atoms with van der Waals surface area (Å²) < 4.78 is 25.0. The van der Waals surface area contributed by atoms with Crippen molar-refractivity contribution in [3.8, 4) is 0 Å². The molecule has 0 aromatic heterocycles. The lowest BCUT2D eigenvalue weighted by molar-refractivity contribution is -0.140. The van der Waals surface area contributed by atoms with Gasteiger partial charge in [0.2, 0.25) is 10.0 Å². The normalized spacial score (nSPS) is 14.3. The van der Waals surface area contributed by atoms with Crippen LogP contribution in [0.4, 0.5) is 0 Å². The van der Waals surface area contributed by atoms with Crippen LogP contribution in [0.15, 0.2) is 29.2 Å². The Labute approximate surface area is 136 Å². The first-order chi connectivity index (χ1) is 10.6. The van der Waals surface area contributed by atoms with Crippen LogP contribution in [0.25, 0.3) is 0 Å². The predicted octanol–water partition coefficient (Wildman–Crippen LogP) is 1.17. The van der Waals surface area contributed by atoms with Gasteiger partial charge in [-0.05, 0) is 30.2 Å². The molecule has 128 valence electrons. The number of sulfonamides is 1. The first-order valence-electron chi connectivity index (χ1n) is 7.17. The highest BCUT2D eigenvalue weighted by molar-refractivity contribution is 7.89. The van der Waals surface area contributed by atoms with Gasteiger partial charge in [0.1, 0.15) is 6.04 Å². The van der Waals surface area contributed by atoms with E-state index >= 15 is 0 Å². The molecular weight excluding hydrogens is 320 g/mol. The maximum absolute atomic E-state index is 12.1. The second kappa shape index (κ2) is 7.56. The van der Waals surface area contributed by atoms with Gasteiger partial charge in [0, 0.05) is 19.7 Å². The molecule has 0 bridgehead atoms. The van der Waals surface area contributed by atoms with Crippen LogP contribution in [0, 0.1) is 5.92 Å². The summed E-state index contributed by atoms with van der Waals surface area (Å²) in [6, 6.07) is 4.38. The standard InChI is InChI=1S/C15H22N2O5S/c1-5-10(2)13(15(19)20)16-14(18)11-6-8-12(9-7-11)23(21,22)17(3)4/h6-10,13H,5H2,1-4H3,(H,16,18)(H,19,20). The summed E-state index contributed by atoms with van der Waals surface area (Å²) in [4.78, 5) is 23.4. The van der Waals surface area contributed by atoms with Crippen LogP contribution in [0.3, 0.4) is 0 Å². The van der Waals surface area contributed by atoms with Gasteiger partial charge in [-0.1, -0.05) is 20.3 Å². The summed E-state index contributed by atoms with van der Waals surface area (Å²) in [5.41, 5.74) is 0.206. The molecule has 0 radical (unpaired) electrons. The Morgan fingerprint density at radius 2 is 1.74 bits per heavy atom. The van der Waals surface area contributed by atoms with Crippen molar-refractivity contribution in [1.29, 1.82) is 0 Å². The van der Waals surface area contributed by atoms with Crippen molar-refractivity contribution in [3.05, 3.63) is 29.8 Å². The van der Waals surface area contributed by atoms with Gasteiger partial charge >= 0.3 is 5.97 Å². The maximum atomic E-state index is 12.1. The number of rotatable bonds is 7. The summed E-state index contributed by atoms with van der Waals surface area (Å²) in [5, 5.41) is 11.6. The fourth-order valence-corrected chi connectivity index (χ4v) is 2.80. The van der Waals surface area contributed by atoms with E-state index in [9.17, 15) is 23.1 Å². The van der Waals surface area contributed by atoms with Gasteiger partial charge < -0.3 is 10.4 Å². The fourth-order valence-electron chi connectivity index (χ4n) is 1.90. The number of carboxylic acids is 1. The van der Waals surface area contributed by atoms with Gasteiger partial charge in [-0.3, -0.25) is 4.79 Å². The number of amides is 1. The molecule has 2 unspecified atom stereocenters. The highest BCUT2D eigenvalue weighted by atomic mass is 32.2. The minimum atomic E-state index is -3.57. The zero-order valence-electron chi connectivity index (χ0n) is 13.6. The molecule has 0 saturated carbocycles. The number of carboxylic acid groups (broad SMARTS) is 1. The predicted molar refractivity (Wildman–Crippen MR) is 85.7 cm³/mol. The molecule has 1 amide bonds. The molecule has 0 aliphatic heterocycles. The molecule has 2 N–H and O–H groups in total. The van der Waals surface area contributed by atoms with Crippen LogP contribution < -0.4 is 5.32 Å². The van der Waals surface area contributed by atoms with Crippen LogP contribution in [-0.2, 0) is 14.8 Å². The van der Waals surface area contributed by atoms with E-state index in [0.717, 1.165) is 4.31 Å². The van der Waals surface area contributed by atoms with Gasteiger partial charge in [0.15, 0.2) is 0 Å². The van der Waals surface area contributed by atoms with Gasteiger partial charge in [-0.15, -0.1) is 0 Å². The van der Waals surface area contributed by atoms with Crippen molar-refractivity contribution in [3.63, 3.8) is 0 Å². The summed E-state index contributed by atoms with van der Waals surface area (Å²) in [7, 11) is -0.733. The Kier molecular flexibility index (Phi) is 6.28. The molecule has 0 aliphatic carbocycles. The monoisotopic (exact) mass is 342 g/mol. The SMILES string of the molecule is CCC(C)C(NC(=O)c1ccc(S(=O)(=O)N(C)C)cc1)C(=O)O. The van der Waals surface area contributed by atoms with E-state index in [1.165, 1.54) is 38.4 Å². The van der Waals surface area contributed by atoms with Gasteiger partial charge in [0.05, 0.1) is 4.90 Å². The van der Waals surface area contributed by atoms with Crippen molar-refractivity contribution >= 4 is 21.9 Å². The number of nitrogens with one attached hydrogen (secondary N) is 1. The summed E-state index contributed by atoms with van der Waals surface area (Å²) in [6.45, 7) is 3.58. The molecule has 23 heavy (non-hydrogen) atoms. The average molecular weight is 342 g/mol. The molecule has 1 rings (SSSR count). The third-order valence-electron chi connectivity index (χ3n) is 3.66. The minimum Gasteiger partial charge on any atom is -0.480 e. The van der Waals surface area contributed by atoms with Gasteiger partial charge in [-0.2, -0.15) is 0 Å². The second-order valence-electron chi connectivity index (χ2n) is 5.49. The molecule has 1 aromatic carbocycles. The van der Waals surface area contributed by atoms with E-state index < -0.39 is 27.9 Å². The smallest absolute Gasteiger partial charge is 0.326 e. The third kappa shape index (κ3) is 4.52. The topological polar surface area (TPSA) is 104 Å². The lowest BCUT2D eigenvalue weighted by atomic mass is 9.99. The quantitative estimate of drug-likeness (QED) is 0.774. The van der Waals surface area contributed by atoms with E-state index in [2.05, 4.69) is 5.32 Å². The average Bonchev–Trinajstić information content (AvgIpc) is 2.51. The van der Waals surface area contributed by atoms with Crippen molar-refractivity contribution in [1.82, 2.24) is 9.62 Å². The fraction of sp³-hybridized carbons (Fsp3) is 0.467. The van der Waals surface area contributed by atoms with Crippen molar-refractivity contribution < 1.29 is 23.1 Å². The number of hydrogen-bond donors (Lipinski definition) is 2. The molecule has 0 saturated heterocycles. The number of hydrogen-bond acceptors (Lipinski definition) is 4. The molecule has 0 spiro atoms. The first kappa shape index (κ1) is 19.1. The van der Waals surface area contributed by atoms with Crippen molar-refractivity contribution in [2.24, 2.45) is 5.92 Å². The molecular formula is C15H22N2O5S. The van der Waals surface area contributed by atoms with Crippen LogP contribution in [0.2, 0.25) is 0 Å². The van der Waals surface area contributed by atoms with Crippen LogP contribution in [-0.4, -0.2) is 49.8 Å².